The fraction of sp³-hybridized carbons (Fsp3) is 1.00. The van der Waals surface area contributed by atoms with Gasteiger partial charge in [0.1, 0.15) is 0 Å². The number of nitrogens with zero attached hydrogens (tertiary/aromatic N) is 1. The Labute approximate surface area is 111 Å². The molecular formula is C15H28N2O. The number of morpholine rings is 1. The molecule has 0 aromatic heterocycles. The van der Waals surface area contributed by atoms with Gasteiger partial charge in [-0.25, -0.2) is 0 Å². The van der Waals surface area contributed by atoms with Crippen LogP contribution in [0.4, 0.5) is 0 Å². The largest absolute Gasteiger partial charge is 0.375 e. The van der Waals surface area contributed by atoms with Gasteiger partial charge in [0.05, 0.1) is 12.7 Å². The minimum Gasteiger partial charge on any atom is -0.375 e. The van der Waals surface area contributed by atoms with Crippen LogP contribution in [0.1, 0.15) is 51.4 Å². The molecule has 104 valence electrons. The summed E-state index contributed by atoms with van der Waals surface area (Å²) in [6.45, 7) is 4.59. The molecule has 3 fully saturated rings. The first kappa shape index (κ1) is 12.9. The summed E-state index contributed by atoms with van der Waals surface area (Å²) in [6.07, 6.45) is 11.6. The highest BCUT2D eigenvalue weighted by Gasteiger charge is 2.35. The van der Waals surface area contributed by atoms with E-state index in [1.807, 2.05) is 0 Å². The third-order valence-electron chi connectivity index (χ3n) is 5.01. The van der Waals surface area contributed by atoms with Crippen molar-refractivity contribution in [3.63, 3.8) is 0 Å². The lowest BCUT2D eigenvalue weighted by Gasteiger charge is -2.37. The number of hydrogen-bond donors (Lipinski definition) is 1. The molecule has 0 bridgehead atoms. The Balaban J connectivity index is 1.34. The highest BCUT2D eigenvalue weighted by atomic mass is 16.5. The summed E-state index contributed by atoms with van der Waals surface area (Å²) in [6, 6.07) is 1.57. The zero-order chi connectivity index (χ0) is 12.2. The molecular weight excluding hydrogens is 224 g/mol. The molecule has 3 aliphatic rings. The van der Waals surface area contributed by atoms with Crippen molar-refractivity contribution < 1.29 is 4.74 Å². The van der Waals surface area contributed by atoms with Crippen LogP contribution in [0.5, 0.6) is 0 Å². The van der Waals surface area contributed by atoms with Crippen molar-refractivity contribution in [3.05, 3.63) is 0 Å². The van der Waals surface area contributed by atoms with Crippen molar-refractivity contribution >= 4 is 0 Å². The molecule has 2 unspecified atom stereocenters. The van der Waals surface area contributed by atoms with Crippen molar-refractivity contribution in [3.8, 4) is 0 Å². The maximum atomic E-state index is 5.86. The van der Waals surface area contributed by atoms with E-state index in [-0.39, 0.29) is 0 Å². The molecule has 18 heavy (non-hydrogen) atoms. The first-order valence-corrected chi connectivity index (χ1v) is 8.02. The Morgan fingerprint density at radius 1 is 1.06 bits per heavy atom. The van der Waals surface area contributed by atoms with Crippen LogP contribution in [0, 0.1) is 0 Å². The van der Waals surface area contributed by atoms with Gasteiger partial charge in [0.15, 0.2) is 0 Å². The lowest BCUT2D eigenvalue weighted by molar-refractivity contribution is -0.0556. The quantitative estimate of drug-likeness (QED) is 0.759. The lowest BCUT2D eigenvalue weighted by Crippen LogP contribution is -2.49. The van der Waals surface area contributed by atoms with Crippen LogP contribution < -0.4 is 5.32 Å². The first-order valence-electron chi connectivity index (χ1n) is 8.02. The maximum Gasteiger partial charge on any atom is 0.0730 e. The third kappa shape index (κ3) is 3.06. The van der Waals surface area contributed by atoms with Crippen molar-refractivity contribution in [2.24, 2.45) is 0 Å². The second-order valence-corrected chi connectivity index (χ2v) is 6.23. The number of fused-ring (bicyclic) bond motifs is 1. The van der Waals surface area contributed by atoms with E-state index in [2.05, 4.69) is 10.2 Å². The van der Waals surface area contributed by atoms with Crippen LogP contribution in [-0.4, -0.2) is 49.3 Å². The maximum absolute atomic E-state index is 5.86. The van der Waals surface area contributed by atoms with Gasteiger partial charge in [-0.05, 0) is 51.6 Å². The summed E-state index contributed by atoms with van der Waals surface area (Å²) in [5.74, 6) is 0. The van der Waals surface area contributed by atoms with Crippen LogP contribution >= 0.6 is 0 Å². The minimum atomic E-state index is 0.557. The summed E-state index contributed by atoms with van der Waals surface area (Å²) < 4.78 is 5.86. The molecule has 1 N–H and O–H groups in total. The van der Waals surface area contributed by atoms with Gasteiger partial charge in [-0.2, -0.15) is 0 Å². The summed E-state index contributed by atoms with van der Waals surface area (Å²) >= 11 is 0. The second-order valence-electron chi connectivity index (χ2n) is 6.23. The fourth-order valence-corrected chi connectivity index (χ4v) is 4.00. The standard InChI is InChI=1S/C15H28N2O/c1-2-6-13(5-1)16-9-4-10-17-11-12-18-15-8-3-7-14(15)17/h13-16H,1-12H2. The Kier molecular flexibility index (Phi) is 4.55. The lowest BCUT2D eigenvalue weighted by atomic mass is 10.1. The van der Waals surface area contributed by atoms with E-state index in [1.165, 1.54) is 64.5 Å². The van der Waals surface area contributed by atoms with Gasteiger partial charge in [0, 0.05) is 18.6 Å². The zero-order valence-electron chi connectivity index (χ0n) is 11.6. The number of nitrogens with one attached hydrogen (secondary N) is 1. The molecule has 2 aliphatic carbocycles. The predicted octanol–water partition coefficient (Wildman–Crippen LogP) is 2.16. The Morgan fingerprint density at radius 3 is 2.83 bits per heavy atom. The highest BCUT2D eigenvalue weighted by Crippen LogP contribution is 2.29. The Bertz CT molecular complexity index is 253. The van der Waals surface area contributed by atoms with Crippen molar-refractivity contribution in [2.75, 3.05) is 26.2 Å². The first-order chi connectivity index (χ1) is 8.93. The van der Waals surface area contributed by atoms with E-state index in [4.69, 9.17) is 4.74 Å². The normalized spacial score (nSPS) is 34.0. The molecule has 0 aromatic carbocycles. The SMILES string of the molecule is C1CCC(NCCCN2CCOC3CCCC32)C1. The van der Waals surface area contributed by atoms with Crippen LogP contribution in [0.25, 0.3) is 0 Å². The molecule has 1 saturated heterocycles. The molecule has 1 heterocycles. The van der Waals surface area contributed by atoms with E-state index in [0.717, 1.165) is 25.2 Å². The topological polar surface area (TPSA) is 24.5 Å². The average molecular weight is 252 g/mol. The molecule has 1 aliphatic heterocycles. The molecule has 0 aromatic rings. The summed E-state index contributed by atoms with van der Waals surface area (Å²) in [5, 5.41) is 3.72. The minimum absolute atomic E-state index is 0.557. The Hall–Kier alpha value is -0.120. The zero-order valence-corrected chi connectivity index (χ0v) is 11.6. The van der Waals surface area contributed by atoms with Crippen LogP contribution in [0.2, 0.25) is 0 Å². The number of rotatable bonds is 5. The Morgan fingerprint density at radius 2 is 1.94 bits per heavy atom. The van der Waals surface area contributed by atoms with Gasteiger partial charge in [0.2, 0.25) is 0 Å². The molecule has 2 saturated carbocycles. The van der Waals surface area contributed by atoms with E-state index < -0.39 is 0 Å². The molecule has 0 radical (unpaired) electrons. The van der Waals surface area contributed by atoms with E-state index in [0.29, 0.717) is 6.10 Å². The monoisotopic (exact) mass is 252 g/mol. The number of ether oxygens (including phenoxy) is 1. The summed E-state index contributed by atoms with van der Waals surface area (Å²) in [5.41, 5.74) is 0. The fourth-order valence-electron chi connectivity index (χ4n) is 4.00. The second kappa shape index (κ2) is 6.36. The van der Waals surface area contributed by atoms with Gasteiger partial charge in [-0.15, -0.1) is 0 Å². The van der Waals surface area contributed by atoms with Gasteiger partial charge < -0.3 is 10.1 Å². The third-order valence-corrected chi connectivity index (χ3v) is 5.01. The van der Waals surface area contributed by atoms with Gasteiger partial charge in [-0.3, -0.25) is 4.90 Å². The van der Waals surface area contributed by atoms with Crippen LogP contribution in [0.15, 0.2) is 0 Å². The molecule has 0 amide bonds. The summed E-state index contributed by atoms with van der Waals surface area (Å²) in [7, 11) is 0. The van der Waals surface area contributed by atoms with E-state index in [9.17, 15) is 0 Å². The predicted molar refractivity (Wildman–Crippen MR) is 73.8 cm³/mol. The van der Waals surface area contributed by atoms with E-state index >= 15 is 0 Å². The molecule has 0 spiro atoms. The molecule has 3 heteroatoms. The molecule has 3 nitrogen and oxygen atoms in total. The highest BCUT2D eigenvalue weighted by molar-refractivity contribution is 4.89. The van der Waals surface area contributed by atoms with Gasteiger partial charge in [-0.1, -0.05) is 12.8 Å². The summed E-state index contributed by atoms with van der Waals surface area (Å²) in [4.78, 5) is 2.69. The molecule has 2 atom stereocenters. The van der Waals surface area contributed by atoms with E-state index in [1.54, 1.807) is 0 Å². The van der Waals surface area contributed by atoms with Crippen molar-refractivity contribution in [1.82, 2.24) is 10.2 Å². The van der Waals surface area contributed by atoms with Crippen molar-refractivity contribution in [2.45, 2.75) is 69.6 Å². The average Bonchev–Trinajstić information content (AvgIpc) is 3.05. The van der Waals surface area contributed by atoms with Gasteiger partial charge in [0.25, 0.3) is 0 Å². The smallest absolute Gasteiger partial charge is 0.0730 e. The van der Waals surface area contributed by atoms with Crippen LogP contribution in [-0.2, 0) is 4.74 Å². The number of hydrogen-bond acceptors (Lipinski definition) is 3. The molecule has 3 rings (SSSR count). The van der Waals surface area contributed by atoms with Crippen molar-refractivity contribution in [1.29, 1.82) is 0 Å². The van der Waals surface area contributed by atoms with Gasteiger partial charge >= 0.3 is 0 Å². The van der Waals surface area contributed by atoms with Crippen LogP contribution in [0.3, 0.4) is 0 Å².